The van der Waals surface area contributed by atoms with E-state index in [1.807, 2.05) is 6.07 Å². The standard InChI is InChI=1S/C10H11NO2/c12-6-9-8-5-11-4-3-7(8)1-2-10(9)13/h1-2,6,11,13H,3-5H2. The lowest BCUT2D eigenvalue weighted by Crippen LogP contribution is -2.24. The second-order valence-electron chi connectivity index (χ2n) is 3.18. The van der Waals surface area contributed by atoms with Gasteiger partial charge in [-0.2, -0.15) is 0 Å². The number of phenols is 1. The molecule has 0 unspecified atom stereocenters. The molecule has 13 heavy (non-hydrogen) atoms. The van der Waals surface area contributed by atoms with Gasteiger partial charge in [0, 0.05) is 6.54 Å². The molecular formula is C10H11NO2. The molecule has 0 saturated carbocycles. The lowest BCUT2D eigenvalue weighted by atomic mass is 9.96. The number of aldehydes is 1. The van der Waals surface area contributed by atoms with Crippen molar-refractivity contribution in [2.24, 2.45) is 0 Å². The number of nitrogens with one attached hydrogen (secondary N) is 1. The summed E-state index contributed by atoms with van der Waals surface area (Å²) in [6.07, 6.45) is 1.65. The zero-order chi connectivity index (χ0) is 9.26. The van der Waals surface area contributed by atoms with Gasteiger partial charge in [-0.1, -0.05) is 6.07 Å². The van der Waals surface area contributed by atoms with E-state index in [1.165, 1.54) is 5.56 Å². The summed E-state index contributed by atoms with van der Waals surface area (Å²) in [5.41, 5.74) is 2.55. The minimum atomic E-state index is 0.0810. The maximum absolute atomic E-state index is 10.7. The first-order chi connectivity index (χ1) is 6.33. The van der Waals surface area contributed by atoms with Gasteiger partial charge in [-0.05, 0) is 30.2 Å². The lowest BCUT2D eigenvalue weighted by molar-refractivity contribution is 0.111. The second kappa shape index (κ2) is 3.18. The van der Waals surface area contributed by atoms with Crippen LogP contribution in [0.15, 0.2) is 12.1 Å². The fourth-order valence-electron chi connectivity index (χ4n) is 1.71. The van der Waals surface area contributed by atoms with Crippen LogP contribution in [0, 0.1) is 0 Å². The molecule has 0 aromatic heterocycles. The molecule has 3 nitrogen and oxygen atoms in total. The van der Waals surface area contributed by atoms with Crippen molar-refractivity contribution in [1.29, 1.82) is 0 Å². The van der Waals surface area contributed by atoms with Crippen LogP contribution in [0.2, 0.25) is 0 Å². The number of hydrogen-bond acceptors (Lipinski definition) is 3. The number of fused-ring (bicyclic) bond motifs is 1. The van der Waals surface area contributed by atoms with Crippen LogP contribution in [0.5, 0.6) is 5.75 Å². The van der Waals surface area contributed by atoms with Crippen molar-refractivity contribution < 1.29 is 9.90 Å². The number of carbonyl (C=O) groups is 1. The SMILES string of the molecule is O=Cc1c(O)ccc2c1CNCC2. The minimum absolute atomic E-state index is 0.0810. The molecular weight excluding hydrogens is 166 g/mol. The zero-order valence-electron chi connectivity index (χ0n) is 7.21. The van der Waals surface area contributed by atoms with E-state index < -0.39 is 0 Å². The van der Waals surface area contributed by atoms with E-state index in [0.29, 0.717) is 12.1 Å². The summed E-state index contributed by atoms with van der Waals surface area (Å²) in [5.74, 6) is 0.0810. The van der Waals surface area contributed by atoms with Gasteiger partial charge in [0.2, 0.25) is 0 Å². The Hall–Kier alpha value is -1.35. The average Bonchev–Trinajstić information content (AvgIpc) is 2.18. The van der Waals surface area contributed by atoms with Gasteiger partial charge in [0.15, 0.2) is 6.29 Å². The first-order valence-corrected chi connectivity index (χ1v) is 4.32. The van der Waals surface area contributed by atoms with Crippen LogP contribution >= 0.6 is 0 Å². The highest BCUT2D eigenvalue weighted by Crippen LogP contribution is 2.24. The Morgan fingerprint density at radius 1 is 1.46 bits per heavy atom. The molecule has 1 aromatic rings. The second-order valence-corrected chi connectivity index (χ2v) is 3.18. The number of phenolic OH excluding ortho intramolecular Hbond substituents is 1. The van der Waals surface area contributed by atoms with Gasteiger partial charge in [0.1, 0.15) is 5.75 Å². The van der Waals surface area contributed by atoms with E-state index in [4.69, 9.17) is 0 Å². The monoisotopic (exact) mass is 177 g/mol. The molecule has 0 saturated heterocycles. The minimum Gasteiger partial charge on any atom is -0.507 e. The lowest BCUT2D eigenvalue weighted by Gasteiger charge is -2.18. The number of aromatic hydroxyl groups is 1. The first-order valence-electron chi connectivity index (χ1n) is 4.32. The zero-order valence-corrected chi connectivity index (χ0v) is 7.21. The molecule has 0 aliphatic carbocycles. The maximum atomic E-state index is 10.7. The smallest absolute Gasteiger partial charge is 0.154 e. The van der Waals surface area contributed by atoms with Gasteiger partial charge in [-0.15, -0.1) is 0 Å². The molecule has 0 amide bonds. The highest BCUT2D eigenvalue weighted by atomic mass is 16.3. The van der Waals surface area contributed by atoms with Gasteiger partial charge < -0.3 is 10.4 Å². The maximum Gasteiger partial charge on any atom is 0.154 e. The van der Waals surface area contributed by atoms with Gasteiger partial charge in [-0.3, -0.25) is 4.79 Å². The van der Waals surface area contributed by atoms with E-state index >= 15 is 0 Å². The van der Waals surface area contributed by atoms with Gasteiger partial charge in [0.25, 0.3) is 0 Å². The Morgan fingerprint density at radius 2 is 2.31 bits per heavy atom. The van der Waals surface area contributed by atoms with Crippen molar-refractivity contribution in [3.05, 3.63) is 28.8 Å². The van der Waals surface area contributed by atoms with Crippen molar-refractivity contribution >= 4 is 6.29 Å². The molecule has 0 fully saturated rings. The predicted molar refractivity (Wildman–Crippen MR) is 48.9 cm³/mol. The fraction of sp³-hybridized carbons (Fsp3) is 0.300. The molecule has 1 aliphatic rings. The number of carbonyl (C=O) groups excluding carboxylic acids is 1. The first kappa shape index (κ1) is 8.26. The largest absolute Gasteiger partial charge is 0.507 e. The van der Waals surface area contributed by atoms with Gasteiger partial charge in [0.05, 0.1) is 5.56 Å². The van der Waals surface area contributed by atoms with Crippen molar-refractivity contribution in [3.63, 3.8) is 0 Å². The van der Waals surface area contributed by atoms with Crippen LogP contribution in [0.4, 0.5) is 0 Å². The van der Waals surface area contributed by atoms with E-state index in [1.54, 1.807) is 6.07 Å². The Balaban J connectivity index is 2.58. The third-order valence-electron chi connectivity index (χ3n) is 2.42. The molecule has 1 aromatic carbocycles. The van der Waals surface area contributed by atoms with Crippen molar-refractivity contribution in [1.82, 2.24) is 5.32 Å². The summed E-state index contributed by atoms with van der Waals surface area (Å²) in [5, 5.41) is 12.6. The van der Waals surface area contributed by atoms with Gasteiger partial charge >= 0.3 is 0 Å². The Bertz CT molecular complexity index is 347. The summed E-state index contributed by atoms with van der Waals surface area (Å²) in [6, 6.07) is 3.48. The molecule has 68 valence electrons. The van der Waals surface area contributed by atoms with E-state index in [9.17, 15) is 9.90 Å². The van der Waals surface area contributed by atoms with Crippen LogP contribution in [0.1, 0.15) is 21.5 Å². The molecule has 0 bridgehead atoms. The van der Waals surface area contributed by atoms with Crippen molar-refractivity contribution in [2.75, 3.05) is 6.54 Å². The van der Waals surface area contributed by atoms with Gasteiger partial charge in [-0.25, -0.2) is 0 Å². The Kier molecular flexibility index (Phi) is 2.02. The molecule has 1 heterocycles. The van der Waals surface area contributed by atoms with Crippen molar-refractivity contribution in [3.8, 4) is 5.75 Å². The van der Waals surface area contributed by atoms with E-state index in [-0.39, 0.29) is 5.75 Å². The summed E-state index contributed by atoms with van der Waals surface area (Å²) >= 11 is 0. The average molecular weight is 177 g/mol. The van der Waals surface area contributed by atoms with E-state index in [0.717, 1.165) is 24.8 Å². The molecule has 2 rings (SSSR count). The summed E-state index contributed by atoms with van der Waals surface area (Å²) in [4.78, 5) is 10.7. The third-order valence-corrected chi connectivity index (χ3v) is 2.42. The van der Waals surface area contributed by atoms with Crippen LogP contribution in [-0.2, 0) is 13.0 Å². The highest BCUT2D eigenvalue weighted by Gasteiger charge is 2.14. The topological polar surface area (TPSA) is 49.3 Å². The third kappa shape index (κ3) is 1.31. The molecule has 0 spiro atoms. The van der Waals surface area contributed by atoms with E-state index in [2.05, 4.69) is 5.32 Å². The Labute approximate surface area is 76.4 Å². The highest BCUT2D eigenvalue weighted by molar-refractivity contribution is 5.82. The molecule has 1 aliphatic heterocycles. The summed E-state index contributed by atoms with van der Waals surface area (Å²) in [6.45, 7) is 1.62. The number of benzene rings is 1. The number of hydrogen-bond donors (Lipinski definition) is 2. The quantitative estimate of drug-likeness (QED) is 0.625. The van der Waals surface area contributed by atoms with Crippen LogP contribution < -0.4 is 5.32 Å². The van der Waals surface area contributed by atoms with Crippen LogP contribution in [0.3, 0.4) is 0 Å². The molecule has 3 heteroatoms. The summed E-state index contributed by atoms with van der Waals surface area (Å²) < 4.78 is 0. The predicted octanol–water partition coefficient (Wildman–Crippen LogP) is 0.850. The van der Waals surface area contributed by atoms with Crippen molar-refractivity contribution in [2.45, 2.75) is 13.0 Å². The van der Waals surface area contributed by atoms with Crippen LogP contribution in [0.25, 0.3) is 0 Å². The molecule has 2 N–H and O–H groups in total. The fourth-order valence-corrected chi connectivity index (χ4v) is 1.71. The van der Waals surface area contributed by atoms with Crippen LogP contribution in [-0.4, -0.2) is 17.9 Å². The normalized spacial score (nSPS) is 15.1. The summed E-state index contributed by atoms with van der Waals surface area (Å²) in [7, 11) is 0. The Morgan fingerprint density at radius 3 is 3.08 bits per heavy atom. The molecule has 0 atom stereocenters. The number of rotatable bonds is 1. The molecule has 0 radical (unpaired) electrons.